The maximum absolute atomic E-state index is 12.3. The molecule has 5 heteroatoms. The highest BCUT2D eigenvalue weighted by Crippen LogP contribution is 2.19. The lowest BCUT2D eigenvalue weighted by atomic mass is 10.1. The zero-order valence-corrected chi connectivity index (χ0v) is 13.5. The topological polar surface area (TPSA) is 50.4 Å². The number of amides is 1. The van der Waals surface area contributed by atoms with Crippen molar-refractivity contribution < 1.29 is 9.53 Å². The fraction of sp³-hybridized carbons (Fsp3) is 0.562. The van der Waals surface area contributed by atoms with Crippen molar-refractivity contribution >= 4 is 18.3 Å². The van der Waals surface area contributed by atoms with Gasteiger partial charge in [0.1, 0.15) is 5.75 Å². The normalized spacial score (nSPS) is 19.2. The Hall–Kier alpha value is -1.26. The number of carbonyl (C=O) groups is 1. The van der Waals surface area contributed by atoms with Crippen molar-refractivity contribution in [2.24, 2.45) is 0 Å². The molecule has 2 N–H and O–H groups in total. The van der Waals surface area contributed by atoms with Gasteiger partial charge < -0.3 is 15.4 Å². The van der Waals surface area contributed by atoms with Gasteiger partial charge in [0, 0.05) is 12.6 Å². The van der Waals surface area contributed by atoms with Gasteiger partial charge in [0.2, 0.25) is 0 Å². The molecule has 2 atom stereocenters. The molecule has 1 amide bonds. The number of piperidine rings is 1. The Balaban J connectivity index is 0.00000220. The molecule has 0 spiro atoms. The highest BCUT2D eigenvalue weighted by Gasteiger charge is 2.23. The first-order valence-corrected chi connectivity index (χ1v) is 7.44. The predicted molar refractivity (Wildman–Crippen MR) is 87.2 cm³/mol. The molecule has 1 aliphatic heterocycles. The number of para-hydroxylation sites is 1. The summed E-state index contributed by atoms with van der Waals surface area (Å²) in [6, 6.07) is 8.03. The average Bonchev–Trinajstić information content (AvgIpc) is 2.47. The van der Waals surface area contributed by atoms with Crippen LogP contribution in [0.25, 0.3) is 0 Å². The zero-order valence-electron chi connectivity index (χ0n) is 12.7. The number of aryl methyl sites for hydroxylation is 1. The van der Waals surface area contributed by atoms with Gasteiger partial charge in [-0.05, 0) is 44.4 Å². The van der Waals surface area contributed by atoms with Gasteiger partial charge in [0.25, 0.3) is 5.91 Å². The van der Waals surface area contributed by atoms with Crippen LogP contribution in [0.5, 0.6) is 5.75 Å². The molecule has 1 unspecified atom stereocenters. The fourth-order valence-electron chi connectivity index (χ4n) is 2.43. The number of ether oxygens (including phenoxy) is 1. The third kappa shape index (κ3) is 5.21. The van der Waals surface area contributed by atoms with Crippen molar-refractivity contribution in [1.29, 1.82) is 0 Å². The minimum absolute atomic E-state index is 0. The summed E-state index contributed by atoms with van der Waals surface area (Å²) in [7, 11) is 0. The van der Waals surface area contributed by atoms with Gasteiger partial charge in [0.15, 0.2) is 6.10 Å². The van der Waals surface area contributed by atoms with E-state index in [-0.39, 0.29) is 24.4 Å². The number of rotatable bonds is 5. The molecule has 0 radical (unpaired) electrons. The fourth-order valence-corrected chi connectivity index (χ4v) is 2.43. The Labute approximate surface area is 133 Å². The largest absolute Gasteiger partial charge is 0.480 e. The van der Waals surface area contributed by atoms with Crippen molar-refractivity contribution in [3.05, 3.63) is 29.8 Å². The summed E-state index contributed by atoms with van der Waals surface area (Å²) in [4.78, 5) is 12.3. The highest BCUT2D eigenvalue weighted by atomic mass is 35.5. The number of carbonyl (C=O) groups excluding carboxylic acids is 1. The zero-order chi connectivity index (χ0) is 14.4. The van der Waals surface area contributed by atoms with Crippen LogP contribution in [-0.4, -0.2) is 31.1 Å². The van der Waals surface area contributed by atoms with Crippen molar-refractivity contribution in [1.82, 2.24) is 10.6 Å². The van der Waals surface area contributed by atoms with Gasteiger partial charge in [-0.15, -0.1) is 12.4 Å². The molecule has 0 bridgehead atoms. The van der Waals surface area contributed by atoms with Crippen molar-refractivity contribution in [3.63, 3.8) is 0 Å². The van der Waals surface area contributed by atoms with Crippen molar-refractivity contribution in [2.45, 2.75) is 45.3 Å². The van der Waals surface area contributed by atoms with Gasteiger partial charge in [-0.1, -0.05) is 25.1 Å². The van der Waals surface area contributed by atoms with Crippen LogP contribution in [0.4, 0.5) is 0 Å². The summed E-state index contributed by atoms with van der Waals surface area (Å²) >= 11 is 0. The molecule has 0 saturated carbocycles. The lowest BCUT2D eigenvalue weighted by molar-refractivity contribution is -0.129. The highest BCUT2D eigenvalue weighted by molar-refractivity contribution is 5.85. The third-order valence-corrected chi connectivity index (χ3v) is 3.67. The maximum Gasteiger partial charge on any atom is 0.261 e. The van der Waals surface area contributed by atoms with E-state index >= 15 is 0 Å². The smallest absolute Gasteiger partial charge is 0.261 e. The SMILES string of the molecule is CCC(Oc1ccccc1C)C(=O)N[C@H]1CCCNC1.Cl. The average molecular weight is 313 g/mol. The lowest BCUT2D eigenvalue weighted by Gasteiger charge is -2.26. The monoisotopic (exact) mass is 312 g/mol. The lowest BCUT2D eigenvalue weighted by Crippen LogP contribution is -2.49. The molecular formula is C16H25ClN2O2. The Morgan fingerprint density at radius 3 is 2.86 bits per heavy atom. The molecule has 118 valence electrons. The van der Waals surface area contributed by atoms with Crippen LogP contribution in [0.15, 0.2) is 24.3 Å². The summed E-state index contributed by atoms with van der Waals surface area (Å²) in [6.45, 7) is 5.86. The molecule has 1 heterocycles. The Bertz CT molecular complexity index is 448. The molecule has 1 fully saturated rings. The third-order valence-electron chi connectivity index (χ3n) is 3.67. The minimum atomic E-state index is -0.418. The molecule has 4 nitrogen and oxygen atoms in total. The second-order valence-corrected chi connectivity index (χ2v) is 5.33. The second kappa shape index (κ2) is 8.90. The molecule has 1 aromatic rings. The summed E-state index contributed by atoms with van der Waals surface area (Å²) < 4.78 is 5.87. The Morgan fingerprint density at radius 2 is 2.24 bits per heavy atom. The summed E-state index contributed by atoms with van der Waals surface area (Å²) in [6.07, 6.45) is 2.40. The maximum atomic E-state index is 12.3. The van der Waals surface area contributed by atoms with Crippen LogP contribution in [0.1, 0.15) is 31.7 Å². The summed E-state index contributed by atoms with van der Waals surface area (Å²) in [5, 5.41) is 6.38. The van der Waals surface area contributed by atoms with E-state index in [1.807, 2.05) is 38.1 Å². The van der Waals surface area contributed by atoms with E-state index in [9.17, 15) is 4.79 Å². The number of nitrogens with one attached hydrogen (secondary N) is 2. The van der Waals surface area contributed by atoms with Crippen LogP contribution >= 0.6 is 12.4 Å². The Kier molecular flexibility index (Phi) is 7.54. The van der Waals surface area contributed by atoms with E-state index in [4.69, 9.17) is 4.74 Å². The van der Waals surface area contributed by atoms with Crippen LogP contribution in [0.2, 0.25) is 0 Å². The number of hydrogen-bond donors (Lipinski definition) is 2. The standard InChI is InChI=1S/C16H24N2O2.ClH/c1-3-14(20-15-9-5-4-7-12(15)2)16(19)18-13-8-6-10-17-11-13;/h4-5,7,9,13-14,17H,3,6,8,10-11H2,1-2H3,(H,18,19);1H/t13-,14?;/m0./s1. The molecular weight excluding hydrogens is 288 g/mol. The van der Waals surface area contributed by atoms with E-state index in [0.29, 0.717) is 6.42 Å². The van der Waals surface area contributed by atoms with Crippen LogP contribution in [0, 0.1) is 6.92 Å². The first-order chi connectivity index (χ1) is 9.70. The van der Waals surface area contributed by atoms with Crippen LogP contribution in [-0.2, 0) is 4.79 Å². The van der Waals surface area contributed by atoms with Crippen LogP contribution < -0.4 is 15.4 Å². The number of benzene rings is 1. The summed E-state index contributed by atoms with van der Waals surface area (Å²) in [5.74, 6) is 0.778. The van der Waals surface area contributed by atoms with Gasteiger partial charge in [-0.2, -0.15) is 0 Å². The molecule has 2 rings (SSSR count). The van der Waals surface area contributed by atoms with E-state index in [2.05, 4.69) is 10.6 Å². The molecule has 1 saturated heterocycles. The number of hydrogen-bond acceptors (Lipinski definition) is 3. The van der Waals surface area contributed by atoms with Crippen molar-refractivity contribution in [3.8, 4) is 5.75 Å². The van der Waals surface area contributed by atoms with Crippen molar-refractivity contribution in [2.75, 3.05) is 13.1 Å². The second-order valence-electron chi connectivity index (χ2n) is 5.33. The number of halogens is 1. The van der Waals surface area contributed by atoms with Gasteiger partial charge in [-0.3, -0.25) is 4.79 Å². The van der Waals surface area contributed by atoms with Gasteiger partial charge >= 0.3 is 0 Å². The summed E-state index contributed by atoms with van der Waals surface area (Å²) in [5.41, 5.74) is 1.05. The molecule has 1 aliphatic rings. The van der Waals surface area contributed by atoms with E-state index in [0.717, 1.165) is 37.2 Å². The molecule has 0 aliphatic carbocycles. The van der Waals surface area contributed by atoms with Gasteiger partial charge in [-0.25, -0.2) is 0 Å². The predicted octanol–water partition coefficient (Wildman–Crippen LogP) is 2.44. The van der Waals surface area contributed by atoms with Crippen LogP contribution in [0.3, 0.4) is 0 Å². The van der Waals surface area contributed by atoms with E-state index < -0.39 is 6.10 Å². The van der Waals surface area contributed by atoms with E-state index in [1.165, 1.54) is 0 Å². The minimum Gasteiger partial charge on any atom is -0.480 e. The van der Waals surface area contributed by atoms with E-state index in [1.54, 1.807) is 0 Å². The quantitative estimate of drug-likeness (QED) is 0.878. The molecule has 1 aromatic carbocycles. The van der Waals surface area contributed by atoms with Gasteiger partial charge in [0.05, 0.1) is 0 Å². The Morgan fingerprint density at radius 1 is 1.48 bits per heavy atom. The molecule has 0 aromatic heterocycles. The first-order valence-electron chi connectivity index (χ1n) is 7.44. The molecule has 21 heavy (non-hydrogen) atoms. The first kappa shape index (κ1) is 17.8.